The first-order chi connectivity index (χ1) is 14.4. The lowest BCUT2D eigenvalue weighted by atomic mass is 9.91. The molecule has 0 saturated heterocycles. The maximum atomic E-state index is 12.3. The molecule has 0 unspecified atom stereocenters. The summed E-state index contributed by atoms with van der Waals surface area (Å²) in [6, 6.07) is 10.0. The lowest BCUT2D eigenvalue weighted by Crippen LogP contribution is -2.24. The minimum absolute atomic E-state index is 0.167. The Morgan fingerprint density at radius 3 is 2.47 bits per heavy atom. The number of carboxylic acids is 1. The van der Waals surface area contributed by atoms with Gasteiger partial charge in [-0.3, -0.25) is 9.78 Å². The average molecular weight is 453 g/mol. The molecule has 2 rings (SSSR count). The van der Waals surface area contributed by atoms with E-state index < -0.39 is 16.0 Å². The number of sulfonamides is 1. The number of aryl methyl sites for hydroxylation is 1. The average Bonchev–Trinajstić information content (AvgIpc) is 2.72. The number of nitrogens with one attached hydrogen (secondary N) is 1. The number of aromatic nitrogens is 1. The van der Waals surface area contributed by atoms with Crippen LogP contribution in [0.4, 0.5) is 0 Å². The summed E-state index contributed by atoms with van der Waals surface area (Å²) in [5.41, 5.74) is 1.19. The molecule has 0 aliphatic rings. The third-order valence-electron chi connectivity index (χ3n) is 5.02. The lowest BCUT2D eigenvalue weighted by Gasteiger charge is -2.16. The molecule has 0 radical (unpaired) electrons. The van der Waals surface area contributed by atoms with E-state index in [0.717, 1.165) is 32.1 Å². The largest absolute Gasteiger partial charge is 0.481 e. The van der Waals surface area contributed by atoms with Crippen LogP contribution in [0.5, 0.6) is 0 Å². The van der Waals surface area contributed by atoms with Crippen LogP contribution in [0.25, 0.3) is 0 Å². The molecular weight excluding hydrogens is 424 g/mol. The molecule has 0 fully saturated rings. The maximum absolute atomic E-state index is 12.3. The number of rotatable bonds is 14. The molecule has 0 bridgehead atoms. The number of benzene rings is 1. The number of hydrogen-bond donors (Lipinski definition) is 2. The number of nitrogens with zero attached hydrogens (tertiary/aromatic N) is 1. The van der Waals surface area contributed by atoms with Crippen molar-refractivity contribution in [3.8, 4) is 0 Å². The normalized spacial score (nSPS) is 12.6. The van der Waals surface area contributed by atoms with Crippen molar-refractivity contribution < 1.29 is 18.3 Å². The minimum atomic E-state index is -3.54. The smallest absolute Gasteiger partial charge is 0.303 e. The Labute approximate surface area is 183 Å². The zero-order valence-corrected chi connectivity index (χ0v) is 18.5. The summed E-state index contributed by atoms with van der Waals surface area (Å²) in [4.78, 5) is 15.3. The number of unbranched alkanes of at least 4 members (excludes halogenated alkanes) is 1. The second-order valence-corrected chi connectivity index (χ2v) is 9.60. The van der Waals surface area contributed by atoms with Gasteiger partial charge in [0.15, 0.2) is 0 Å². The van der Waals surface area contributed by atoms with Gasteiger partial charge in [0.05, 0.1) is 4.90 Å². The third kappa shape index (κ3) is 9.24. The zero-order valence-electron chi connectivity index (χ0n) is 17.0. The molecule has 164 valence electrons. The number of hydrogen-bond acceptors (Lipinski definition) is 4. The van der Waals surface area contributed by atoms with Crippen LogP contribution in [-0.2, 0) is 21.2 Å². The molecule has 1 aromatic heterocycles. The Balaban J connectivity index is 1.73. The Morgan fingerprint density at radius 1 is 1.07 bits per heavy atom. The number of halogens is 1. The van der Waals surface area contributed by atoms with Crippen molar-refractivity contribution in [1.82, 2.24) is 9.71 Å². The van der Waals surface area contributed by atoms with Crippen LogP contribution < -0.4 is 4.72 Å². The molecule has 0 amide bonds. The van der Waals surface area contributed by atoms with E-state index in [-0.39, 0.29) is 11.3 Å². The minimum Gasteiger partial charge on any atom is -0.481 e. The molecule has 0 aliphatic carbocycles. The van der Waals surface area contributed by atoms with Crippen molar-refractivity contribution >= 4 is 27.6 Å². The molecule has 2 aromatic rings. The second-order valence-electron chi connectivity index (χ2n) is 7.40. The molecule has 1 aromatic carbocycles. The first-order valence-corrected chi connectivity index (χ1v) is 12.1. The number of pyridine rings is 1. The number of carbonyl (C=O) groups is 1. The van der Waals surface area contributed by atoms with Gasteiger partial charge in [-0.1, -0.05) is 36.9 Å². The van der Waals surface area contributed by atoms with Gasteiger partial charge >= 0.3 is 5.97 Å². The third-order valence-corrected chi connectivity index (χ3v) is 6.75. The Hall–Kier alpha value is -1.96. The van der Waals surface area contributed by atoms with Crippen LogP contribution in [0, 0.1) is 5.92 Å². The summed E-state index contributed by atoms with van der Waals surface area (Å²) in [6.07, 6.45) is 9.75. The van der Waals surface area contributed by atoms with Gasteiger partial charge in [0, 0.05) is 30.4 Å². The fourth-order valence-corrected chi connectivity index (χ4v) is 4.56. The van der Waals surface area contributed by atoms with Gasteiger partial charge < -0.3 is 5.11 Å². The van der Waals surface area contributed by atoms with E-state index in [0.29, 0.717) is 30.3 Å². The van der Waals surface area contributed by atoms with Gasteiger partial charge in [-0.05, 0) is 67.5 Å². The van der Waals surface area contributed by atoms with E-state index in [2.05, 4.69) is 9.71 Å². The molecule has 0 aliphatic heterocycles. The van der Waals surface area contributed by atoms with Crippen molar-refractivity contribution in [2.75, 3.05) is 6.54 Å². The topological polar surface area (TPSA) is 96.4 Å². The quantitative estimate of drug-likeness (QED) is 0.405. The van der Waals surface area contributed by atoms with Gasteiger partial charge in [-0.2, -0.15) is 0 Å². The molecule has 1 heterocycles. The van der Waals surface area contributed by atoms with E-state index in [9.17, 15) is 13.2 Å². The molecule has 30 heavy (non-hydrogen) atoms. The summed E-state index contributed by atoms with van der Waals surface area (Å²) in [5.74, 6) is -0.450. The van der Waals surface area contributed by atoms with Gasteiger partial charge in [-0.15, -0.1) is 0 Å². The molecule has 0 saturated carbocycles. The fraction of sp³-hybridized carbons (Fsp3) is 0.455. The highest BCUT2D eigenvalue weighted by Gasteiger charge is 2.14. The summed E-state index contributed by atoms with van der Waals surface area (Å²) < 4.78 is 27.2. The first kappa shape index (κ1) is 24.3. The van der Waals surface area contributed by atoms with Crippen molar-refractivity contribution in [2.45, 2.75) is 56.3 Å². The SMILES string of the molecule is O=C(O)CC[C@H](CCCCNS(=O)(=O)c1ccc(Cl)cc1)CCCc1cccnc1. The van der Waals surface area contributed by atoms with Crippen LogP contribution in [-0.4, -0.2) is 31.0 Å². The van der Waals surface area contributed by atoms with E-state index in [1.165, 1.54) is 17.7 Å². The van der Waals surface area contributed by atoms with Crippen LogP contribution in [0.3, 0.4) is 0 Å². The predicted molar refractivity (Wildman–Crippen MR) is 118 cm³/mol. The summed E-state index contributed by atoms with van der Waals surface area (Å²) in [5, 5.41) is 9.49. The molecular formula is C22H29ClN2O4S. The van der Waals surface area contributed by atoms with E-state index in [1.807, 2.05) is 18.3 Å². The van der Waals surface area contributed by atoms with E-state index >= 15 is 0 Å². The predicted octanol–water partition coefficient (Wildman–Crippen LogP) is 4.69. The van der Waals surface area contributed by atoms with Gasteiger partial charge in [0.25, 0.3) is 0 Å². The molecule has 2 N–H and O–H groups in total. The van der Waals surface area contributed by atoms with Gasteiger partial charge in [0.1, 0.15) is 0 Å². The highest BCUT2D eigenvalue weighted by molar-refractivity contribution is 7.89. The van der Waals surface area contributed by atoms with Crippen LogP contribution in [0.2, 0.25) is 5.02 Å². The summed E-state index contributed by atoms with van der Waals surface area (Å²) in [6.45, 7) is 0.353. The Kier molecular flexibility index (Phi) is 10.3. The first-order valence-electron chi connectivity index (χ1n) is 10.2. The summed E-state index contributed by atoms with van der Waals surface area (Å²) in [7, 11) is -3.54. The van der Waals surface area contributed by atoms with Crippen LogP contribution >= 0.6 is 11.6 Å². The van der Waals surface area contributed by atoms with Gasteiger partial charge in [0.2, 0.25) is 10.0 Å². The molecule has 0 spiro atoms. The monoisotopic (exact) mass is 452 g/mol. The standard InChI is InChI=1S/C22H29ClN2O4S/c23-20-10-12-21(13-11-20)30(28,29)25-16-2-1-5-18(9-14-22(26)27)6-3-7-19-8-4-15-24-17-19/h4,8,10-13,15,17-18,25H,1-3,5-7,9,14,16H2,(H,26,27)/t18-/m1/s1. The van der Waals surface area contributed by atoms with E-state index in [4.69, 9.17) is 16.7 Å². The van der Waals surface area contributed by atoms with Crippen molar-refractivity contribution in [2.24, 2.45) is 5.92 Å². The molecule has 1 atom stereocenters. The molecule has 8 heteroatoms. The fourth-order valence-electron chi connectivity index (χ4n) is 3.36. The summed E-state index contributed by atoms with van der Waals surface area (Å²) >= 11 is 5.80. The second kappa shape index (κ2) is 12.7. The highest BCUT2D eigenvalue weighted by atomic mass is 35.5. The number of aliphatic carboxylic acids is 1. The van der Waals surface area contributed by atoms with E-state index in [1.54, 1.807) is 18.3 Å². The van der Waals surface area contributed by atoms with Crippen LogP contribution in [0.15, 0.2) is 53.7 Å². The Morgan fingerprint density at radius 2 is 1.80 bits per heavy atom. The van der Waals surface area contributed by atoms with Crippen molar-refractivity contribution in [1.29, 1.82) is 0 Å². The van der Waals surface area contributed by atoms with Gasteiger partial charge in [-0.25, -0.2) is 13.1 Å². The zero-order chi connectivity index (χ0) is 21.8. The van der Waals surface area contributed by atoms with Crippen molar-refractivity contribution in [3.05, 3.63) is 59.4 Å². The maximum Gasteiger partial charge on any atom is 0.303 e. The van der Waals surface area contributed by atoms with Crippen molar-refractivity contribution in [3.63, 3.8) is 0 Å². The number of carboxylic acid groups (broad SMARTS) is 1. The Bertz CT molecular complexity index is 874. The van der Waals surface area contributed by atoms with Crippen LogP contribution in [0.1, 0.15) is 50.5 Å². The molecule has 6 nitrogen and oxygen atoms in total. The lowest BCUT2D eigenvalue weighted by molar-refractivity contribution is -0.137. The highest BCUT2D eigenvalue weighted by Crippen LogP contribution is 2.22.